The zero-order valence-corrected chi connectivity index (χ0v) is 28.3. The van der Waals surface area contributed by atoms with Gasteiger partial charge >= 0.3 is 11.9 Å². The van der Waals surface area contributed by atoms with E-state index in [1.807, 2.05) is 30.5 Å². The molecule has 0 saturated carbocycles. The third-order valence-corrected chi connectivity index (χ3v) is 8.49. The predicted molar refractivity (Wildman–Crippen MR) is 185 cm³/mol. The number of nitrogens with one attached hydrogen (secondary N) is 4. The monoisotopic (exact) mass is 672 g/mol. The Bertz CT molecular complexity index is 1300. The molecule has 0 aliphatic carbocycles. The molecular weight excluding hydrogens is 616 g/mol. The summed E-state index contributed by atoms with van der Waals surface area (Å²) < 4.78 is 0. The maximum atomic E-state index is 13.4. The van der Waals surface area contributed by atoms with E-state index >= 15 is 0 Å². The van der Waals surface area contributed by atoms with Crippen LogP contribution < -0.4 is 27.4 Å². The van der Waals surface area contributed by atoms with Crippen molar-refractivity contribution in [3.05, 3.63) is 36.0 Å². The van der Waals surface area contributed by atoms with Crippen LogP contribution in [0.15, 0.2) is 30.5 Å². The first-order chi connectivity index (χ1) is 23.0. The standard InChI is InChI=1S/C35H56N6O7/c1-2-3-4-5-11-26(36)23-38-18-9-8-13-28(37)31(42)21-24(20-25-22-40-29-14-7-6-12-27(25)29)34(46)39-19-17-30(35(47)48)41-32(43)15-10-16-33(44)45/h6-7,12,14,22,24,26,28,30,38,40H,2-5,8-11,13,15-21,23,36-37H2,1H3,(H,39,46)(H,41,43)(H,44,45)(H,47,48)/t24-,26-,28-,30+/m0/s1. The number of hydrogen-bond acceptors (Lipinski definition) is 8. The number of fused-ring (bicyclic) bond motifs is 1. The normalized spacial score (nSPS) is 13.8. The molecule has 2 aromatic rings. The number of Topliss-reactive ketones (excluding diaryl/α,β-unsaturated/α-hetero) is 1. The van der Waals surface area contributed by atoms with E-state index in [1.165, 1.54) is 19.3 Å². The van der Waals surface area contributed by atoms with Gasteiger partial charge in [-0.2, -0.15) is 0 Å². The van der Waals surface area contributed by atoms with E-state index in [0.29, 0.717) is 6.42 Å². The fourth-order valence-corrected chi connectivity index (χ4v) is 5.62. The minimum absolute atomic E-state index is 0.0504. The Labute approximate surface area is 283 Å². The number of ketones is 1. The lowest BCUT2D eigenvalue weighted by atomic mass is 9.90. The number of carbonyl (C=O) groups excluding carboxylic acids is 3. The van der Waals surface area contributed by atoms with Gasteiger partial charge in [-0.25, -0.2) is 4.79 Å². The van der Waals surface area contributed by atoms with Gasteiger partial charge in [-0.1, -0.05) is 57.2 Å². The van der Waals surface area contributed by atoms with Gasteiger partial charge in [0.1, 0.15) is 11.8 Å². The van der Waals surface area contributed by atoms with Crippen molar-refractivity contribution < 1.29 is 34.2 Å². The van der Waals surface area contributed by atoms with Gasteiger partial charge in [-0.3, -0.25) is 19.2 Å². The molecule has 10 N–H and O–H groups in total. The summed E-state index contributed by atoms with van der Waals surface area (Å²) in [5.74, 6) is -4.25. The number of unbranched alkanes of at least 4 members (excludes halogenated alkanes) is 4. The summed E-state index contributed by atoms with van der Waals surface area (Å²) in [5, 5.41) is 27.7. The van der Waals surface area contributed by atoms with E-state index in [-0.39, 0.29) is 56.9 Å². The highest BCUT2D eigenvalue weighted by molar-refractivity contribution is 5.91. The molecule has 0 aliphatic heterocycles. The van der Waals surface area contributed by atoms with Crippen LogP contribution in [0.4, 0.5) is 0 Å². The van der Waals surface area contributed by atoms with Crippen LogP contribution in [0.2, 0.25) is 0 Å². The van der Waals surface area contributed by atoms with Crippen LogP contribution in [-0.4, -0.2) is 82.5 Å². The van der Waals surface area contributed by atoms with Crippen molar-refractivity contribution in [2.75, 3.05) is 19.6 Å². The Kier molecular flexibility index (Phi) is 19.1. The number of benzene rings is 1. The molecule has 1 heterocycles. The lowest BCUT2D eigenvalue weighted by molar-refractivity contribution is -0.142. The number of carboxylic acid groups (broad SMARTS) is 2. The molecule has 0 fully saturated rings. The second-order valence-electron chi connectivity index (χ2n) is 12.6. The summed E-state index contributed by atoms with van der Waals surface area (Å²) in [6.07, 6.45) is 9.61. The van der Waals surface area contributed by atoms with Crippen molar-refractivity contribution >= 4 is 40.4 Å². The molecular formula is C35H56N6O7. The van der Waals surface area contributed by atoms with Crippen LogP contribution in [-0.2, 0) is 30.4 Å². The Morgan fingerprint density at radius 1 is 0.875 bits per heavy atom. The van der Waals surface area contributed by atoms with Crippen molar-refractivity contribution in [1.29, 1.82) is 0 Å². The first-order valence-electron chi connectivity index (χ1n) is 17.3. The van der Waals surface area contributed by atoms with E-state index in [1.54, 1.807) is 0 Å². The maximum Gasteiger partial charge on any atom is 0.326 e. The molecule has 268 valence electrons. The third kappa shape index (κ3) is 15.9. The largest absolute Gasteiger partial charge is 0.481 e. The lowest BCUT2D eigenvalue weighted by Crippen LogP contribution is -2.44. The zero-order valence-electron chi connectivity index (χ0n) is 28.3. The van der Waals surface area contributed by atoms with Crippen molar-refractivity contribution in [2.24, 2.45) is 17.4 Å². The summed E-state index contributed by atoms with van der Waals surface area (Å²) in [7, 11) is 0. The summed E-state index contributed by atoms with van der Waals surface area (Å²) in [4.78, 5) is 64.3. The molecule has 2 rings (SSSR count). The molecule has 0 saturated heterocycles. The Morgan fingerprint density at radius 2 is 1.62 bits per heavy atom. The summed E-state index contributed by atoms with van der Waals surface area (Å²) >= 11 is 0. The van der Waals surface area contributed by atoms with Crippen LogP contribution in [0.3, 0.4) is 0 Å². The van der Waals surface area contributed by atoms with Crippen LogP contribution in [0.5, 0.6) is 0 Å². The smallest absolute Gasteiger partial charge is 0.326 e. The molecule has 1 aromatic carbocycles. The number of carbonyl (C=O) groups is 5. The predicted octanol–water partition coefficient (Wildman–Crippen LogP) is 3.00. The van der Waals surface area contributed by atoms with Gasteiger partial charge in [-0.15, -0.1) is 0 Å². The number of amides is 2. The maximum absolute atomic E-state index is 13.4. The number of hydrogen-bond donors (Lipinski definition) is 8. The molecule has 0 radical (unpaired) electrons. The number of H-pyrrole nitrogens is 1. The molecule has 2 amide bonds. The molecule has 0 bridgehead atoms. The minimum atomic E-state index is -1.27. The van der Waals surface area contributed by atoms with E-state index in [9.17, 15) is 29.1 Å². The second-order valence-corrected chi connectivity index (χ2v) is 12.6. The Morgan fingerprint density at radius 3 is 2.35 bits per heavy atom. The fraction of sp³-hybridized carbons (Fsp3) is 0.629. The van der Waals surface area contributed by atoms with Crippen LogP contribution in [0.1, 0.15) is 96.0 Å². The van der Waals surface area contributed by atoms with E-state index in [4.69, 9.17) is 16.6 Å². The number of para-hydroxylation sites is 1. The molecule has 1 aromatic heterocycles. The fourth-order valence-electron chi connectivity index (χ4n) is 5.62. The minimum Gasteiger partial charge on any atom is -0.481 e. The number of aromatic amines is 1. The second kappa shape index (κ2) is 22.7. The number of rotatable bonds is 27. The van der Waals surface area contributed by atoms with Crippen LogP contribution in [0.25, 0.3) is 10.9 Å². The molecule has 13 nitrogen and oxygen atoms in total. The summed E-state index contributed by atoms with van der Waals surface area (Å²) in [6, 6.07) is 5.82. The number of carboxylic acids is 2. The average Bonchev–Trinajstić information content (AvgIpc) is 3.46. The molecule has 0 aliphatic rings. The third-order valence-electron chi connectivity index (χ3n) is 8.49. The van der Waals surface area contributed by atoms with Gasteiger partial charge in [0.2, 0.25) is 11.8 Å². The number of nitrogens with two attached hydrogens (primary N) is 2. The van der Waals surface area contributed by atoms with Crippen molar-refractivity contribution in [1.82, 2.24) is 20.9 Å². The molecule has 4 atom stereocenters. The van der Waals surface area contributed by atoms with Crippen molar-refractivity contribution in [3.63, 3.8) is 0 Å². The topological polar surface area (TPSA) is 230 Å². The Hall–Kier alpha value is -3.81. The van der Waals surface area contributed by atoms with Gasteiger partial charge in [0.15, 0.2) is 0 Å². The van der Waals surface area contributed by atoms with Gasteiger partial charge < -0.3 is 42.6 Å². The van der Waals surface area contributed by atoms with Gasteiger partial charge in [-0.05, 0) is 56.7 Å². The first-order valence-corrected chi connectivity index (χ1v) is 17.3. The van der Waals surface area contributed by atoms with Gasteiger partial charge in [0.25, 0.3) is 0 Å². The highest BCUT2D eigenvalue weighted by Crippen LogP contribution is 2.23. The Balaban J connectivity index is 1.90. The zero-order chi connectivity index (χ0) is 35.3. The highest BCUT2D eigenvalue weighted by Gasteiger charge is 2.27. The van der Waals surface area contributed by atoms with Crippen molar-refractivity contribution in [2.45, 2.75) is 115 Å². The summed E-state index contributed by atoms with van der Waals surface area (Å²) in [5.41, 5.74) is 14.2. The lowest BCUT2D eigenvalue weighted by Gasteiger charge is -2.20. The summed E-state index contributed by atoms with van der Waals surface area (Å²) in [6.45, 7) is 3.68. The van der Waals surface area contributed by atoms with E-state index in [0.717, 1.165) is 55.2 Å². The van der Waals surface area contributed by atoms with Crippen LogP contribution >= 0.6 is 0 Å². The van der Waals surface area contributed by atoms with Gasteiger partial charge in [0, 0.05) is 61.4 Å². The van der Waals surface area contributed by atoms with E-state index < -0.39 is 41.8 Å². The molecule has 0 spiro atoms. The molecule has 0 unspecified atom stereocenters. The quantitative estimate of drug-likeness (QED) is 0.0647. The highest BCUT2D eigenvalue weighted by atomic mass is 16.4. The van der Waals surface area contributed by atoms with Crippen molar-refractivity contribution in [3.8, 4) is 0 Å². The number of aromatic nitrogens is 1. The average molecular weight is 673 g/mol. The van der Waals surface area contributed by atoms with Gasteiger partial charge in [0.05, 0.1) is 6.04 Å². The first kappa shape index (κ1) is 40.4. The van der Waals surface area contributed by atoms with Crippen LogP contribution in [0, 0.1) is 5.92 Å². The van der Waals surface area contributed by atoms with E-state index in [2.05, 4.69) is 27.9 Å². The number of aliphatic carboxylic acids is 2. The SMILES string of the molecule is CCCCCC[C@H](N)CNCCCC[C@H](N)C(=O)C[C@H](Cc1c[nH]c2ccccc12)C(=O)NCC[C@@H](NC(=O)CCCC(=O)O)C(=O)O. The molecule has 13 heteroatoms. The molecule has 48 heavy (non-hydrogen) atoms.